The molecule has 2 N–H and O–H groups in total. The van der Waals surface area contributed by atoms with Crippen molar-refractivity contribution >= 4 is 40.7 Å². The van der Waals surface area contributed by atoms with E-state index in [9.17, 15) is 4.79 Å². The number of rotatable bonds is 6. The van der Waals surface area contributed by atoms with Gasteiger partial charge in [0.2, 0.25) is 5.95 Å². The van der Waals surface area contributed by atoms with Gasteiger partial charge in [-0.25, -0.2) is 4.68 Å². The fourth-order valence-electron chi connectivity index (χ4n) is 4.23. The van der Waals surface area contributed by atoms with Crippen LogP contribution < -0.4 is 20.1 Å². The quantitative estimate of drug-likeness (QED) is 0.305. The lowest BCUT2D eigenvalue weighted by Gasteiger charge is -2.29. The second-order valence-electron chi connectivity index (χ2n) is 8.36. The molecule has 37 heavy (non-hydrogen) atoms. The lowest BCUT2D eigenvalue weighted by atomic mass is 9.95. The zero-order valence-corrected chi connectivity index (χ0v) is 21.8. The number of allylic oxidation sites excluding steroid dienone is 1. The molecule has 4 aromatic rings. The maximum absolute atomic E-state index is 13.6. The van der Waals surface area contributed by atoms with E-state index < -0.39 is 6.04 Å². The first-order chi connectivity index (χ1) is 17.9. The standard InChI is InChI=1S/C27H23Cl2N5O3/c1-15-23(26(35)31-18-7-5-4-6-8-18)24(21-10-9-17(28)13-22(21)29)34-27(30-15)32-25(33-34)16-11-19(36-2)14-20(12-16)37-3/h4-14,24H,1-3H3,(H,31,35)(H,30,32,33). The van der Waals surface area contributed by atoms with E-state index in [0.717, 1.165) is 0 Å². The Labute approximate surface area is 223 Å². The Morgan fingerprint density at radius 1 is 1.00 bits per heavy atom. The Bertz CT molecular complexity index is 1500. The van der Waals surface area contributed by atoms with E-state index >= 15 is 0 Å². The number of nitrogens with zero attached hydrogens (tertiary/aromatic N) is 3. The molecule has 1 aromatic heterocycles. The van der Waals surface area contributed by atoms with E-state index in [1.165, 1.54) is 0 Å². The molecule has 10 heteroatoms. The van der Waals surface area contributed by atoms with E-state index in [0.29, 0.717) is 61.4 Å². The number of aromatic nitrogens is 3. The van der Waals surface area contributed by atoms with Crippen molar-refractivity contribution in [3.63, 3.8) is 0 Å². The summed E-state index contributed by atoms with van der Waals surface area (Å²) < 4.78 is 12.5. The van der Waals surface area contributed by atoms with Gasteiger partial charge in [0, 0.05) is 38.6 Å². The molecule has 0 spiro atoms. The number of benzene rings is 3. The predicted molar refractivity (Wildman–Crippen MR) is 145 cm³/mol. The first-order valence-electron chi connectivity index (χ1n) is 11.4. The number of para-hydroxylation sites is 1. The smallest absolute Gasteiger partial charge is 0.255 e. The molecule has 1 atom stereocenters. The van der Waals surface area contributed by atoms with Crippen LogP contribution in [0.25, 0.3) is 11.4 Å². The number of nitrogens with one attached hydrogen (secondary N) is 2. The molecule has 0 bridgehead atoms. The number of carbonyl (C=O) groups is 1. The lowest BCUT2D eigenvalue weighted by Crippen LogP contribution is -2.31. The highest BCUT2D eigenvalue weighted by molar-refractivity contribution is 6.35. The number of carbonyl (C=O) groups excluding carboxylic acids is 1. The van der Waals surface area contributed by atoms with Crippen LogP contribution >= 0.6 is 23.2 Å². The zero-order chi connectivity index (χ0) is 26.1. The number of amides is 1. The molecule has 188 valence electrons. The zero-order valence-electron chi connectivity index (χ0n) is 20.3. The fourth-order valence-corrected chi connectivity index (χ4v) is 4.75. The van der Waals surface area contributed by atoms with Crippen molar-refractivity contribution in [1.82, 2.24) is 14.8 Å². The molecule has 5 rings (SSSR count). The molecule has 1 aliphatic rings. The Morgan fingerprint density at radius 2 is 1.70 bits per heavy atom. The van der Waals surface area contributed by atoms with Crippen LogP contribution in [0.3, 0.4) is 0 Å². The second-order valence-corrected chi connectivity index (χ2v) is 9.20. The topological polar surface area (TPSA) is 90.3 Å². The number of methoxy groups -OCH3 is 2. The summed E-state index contributed by atoms with van der Waals surface area (Å²) in [6, 6.07) is 19.1. The van der Waals surface area contributed by atoms with Gasteiger partial charge >= 0.3 is 0 Å². The van der Waals surface area contributed by atoms with Crippen molar-refractivity contribution < 1.29 is 14.3 Å². The average molecular weight is 536 g/mol. The van der Waals surface area contributed by atoms with Crippen molar-refractivity contribution in [2.24, 2.45) is 0 Å². The van der Waals surface area contributed by atoms with Crippen LogP contribution in [-0.4, -0.2) is 34.9 Å². The van der Waals surface area contributed by atoms with Crippen LogP contribution in [0.4, 0.5) is 11.6 Å². The van der Waals surface area contributed by atoms with Crippen molar-refractivity contribution in [3.05, 3.63) is 93.6 Å². The summed E-state index contributed by atoms with van der Waals surface area (Å²) in [5.74, 6) is 1.79. The first-order valence-corrected chi connectivity index (χ1v) is 12.1. The maximum atomic E-state index is 13.6. The molecule has 8 nitrogen and oxygen atoms in total. The van der Waals surface area contributed by atoms with Gasteiger partial charge in [-0.3, -0.25) is 4.79 Å². The van der Waals surface area contributed by atoms with Gasteiger partial charge in [0.1, 0.15) is 17.5 Å². The van der Waals surface area contributed by atoms with Gasteiger partial charge in [-0.2, -0.15) is 4.98 Å². The molecule has 2 heterocycles. The van der Waals surface area contributed by atoms with Gasteiger partial charge in [0.25, 0.3) is 5.91 Å². The summed E-state index contributed by atoms with van der Waals surface area (Å²) in [5.41, 5.74) is 3.08. The Morgan fingerprint density at radius 3 is 2.35 bits per heavy atom. The van der Waals surface area contributed by atoms with Crippen molar-refractivity contribution in [2.75, 3.05) is 24.9 Å². The third-order valence-corrected chi connectivity index (χ3v) is 6.56. The molecule has 0 saturated heterocycles. The Hall–Kier alpha value is -4.01. The van der Waals surface area contributed by atoms with Gasteiger partial charge in [0.05, 0.1) is 19.8 Å². The van der Waals surface area contributed by atoms with Gasteiger partial charge in [-0.1, -0.05) is 47.5 Å². The lowest BCUT2D eigenvalue weighted by molar-refractivity contribution is -0.113. The van der Waals surface area contributed by atoms with E-state index in [1.54, 1.807) is 43.2 Å². The van der Waals surface area contributed by atoms with Crippen molar-refractivity contribution in [2.45, 2.75) is 13.0 Å². The number of hydrogen-bond donors (Lipinski definition) is 2. The van der Waals surface area contributed by atoms with E-state index in [-0.39, 0.29) is 5.91 Å². The summed E-state index contributed by atoms with van der Waals surface area (Å²) >= 11 is 12.8. The highest BCUT2D eigenvalue weighted by Gasteiger charge is 2.35. The molecule has 3 aromatic carbocycles. The highest BCUT2D eigenvalue weighted by atomic mass is 35.5. The largest absolute Gasteiger partial charge is 0.497 e. The second kappa shape index (κ2) is 10.2. The fraction of sp³-hybridized carbons (Fsp3) is 0.148. The van der Waals surface area contributed by atoms with E-state index in [2.05, 4.69) is 10.6 Å². The normalized spacial score (nSPS) is 14.6. The SMILES string of the molecule is COc1cc(OC)cc(-c2nc3n(n2)C(c2ccc(Cl)cc2Cl)C(C(=O)Nc2ccccc2)=C(C)N3)c1. The Kier molecular flexibility index (Phi) is 6.78. The monoisotopic (exact) mass is 535 g/mol. The van der Waals surface area contributed by atoms with Crippen LogP contribution in [0.15, 0.2) is 78.0 Å². The summed E-state index contributed by atoms with van der Waals surface area (Å²) in [6.07, 6.45) is 0. The number of anilines is 2. The minimum Gasteiger partial charge on any atom is -0.497 e. The molecule has 0 fully saturated rings. The van der Waals surface area contributed by atoms with Crippen LogP contribution in [-0.2, 0) is 4.79 Å². The summed E-state index contributed by atoms with van der Waals surface area (Å²) in [5, 5.41) is 11.9. The minimum atomic E-state index is -0.668. The molecule has 0 radical (unpaired) electrons. The predicted octanol–water partition coefficient (Wildman–Crippen LogP) is 6.20. The number of hydrogen-bond acceptors (Lipinski definition) is 6. The van der Waals surface area contributed by atoms with Crippen molar-refractivity contribution in [3.8, 4) is 22.9 Å². The summed E-state index contributed by atoms with van der Waals surface area (Å²) in [7, 11) is 3.16. The Balaban J connectivity index is 1.64. The third-order valence-electron chi connectivity index (χ3n) is 6.00. The van der Waals surface area contributed by atoms with E-state index in [1.807, 2.05) is 49.4 Å². The summed E-state index contributed by atoms with van der Waals surface area (Å²) in [6.45, 7) is 1.82. The van der Waals surface area contributed by atoms with Gasteiger partial charge < -0.3 is 20.1 Å². The first kappa shape index (κ1) is 24.7. The van der Waals surface area contributed by atoms with Gasteiger partial charge in [0.15, 0.2) is 5.82 Å². The van der Waals surface area contributed by atoms with Crippen molar-refractivity contribution in [1.29, 1.82) is 0 Å². The number of fused-ring (bicyclic) bond motifs is 1. The molecule has 1 aliphatic heterocycles. The van der Waals surface area contributed by atoms with Crippen LogP contribution in [0.2, 0.25) is 10.0 Å². The number of halogens is 2. The third kappa shape index (κ3) is 4.85. The number of ether oxygens (including phenoxy) is 2. The van der Waals surface area contributed by atoms with E-state index in [4.69, 9.17) is 42.8 Å². The molecule has 0 saturated carbocycles. The molecule has 1 amide bonds. The van der Waals surface area contributed by atoms with Gasteiger partial charge in [-0.05, 0) is 43.3 Å². The molecule has 1 unspecified atom stereocenters. The minimum absolute atomic E-state index is 0.294. The summed E-state index contributed by atoms with van der Waals surface area (Å²) in [4.78, 5) is 18.3. The molecule has 0 aliphatic carbocycles. The van der Waals surface area contributed by atoms with Crippen LogP contribution in [0.1, 0.15) is 18.5 Å². The van der Waals surface area contributed by atoms with Gasteiger partial charge in [-0.15, -0.1) is 5.10 Å². The molecular formula is C27H23Cl2N5O3. The highest BCUT2D eigenvalue weighted by Crippen LogP contribution is 2.40. The van der Waals surface area contributed by atoms with Crippen LogP contribution in [0, 0.1) is 0 Å². The molecular weight excluding hydrogens is 513 g/mol. The average Bonchev–Trinajstić information content (AvgIpc) is 3.32. The van der Waals surface area contributed by atoms with Crippen LogP contribution in [0.5, 0.6) is 11.5 Å². The maximum Gasteiger partial charge on any atom is 0.255 e.